The van der Waals surface area contributed by atoms with Crippen LogP contribution in [-0.2, 0) is 13.0 Å². The normalized spacial score (nSPS) is 11.1. The highest BCUT2D eigenvalue weighted by Gasteiger charge is 2.11. The van der Waals surface area contributed by atoms with Crippen molar-refractivity contribution in [3.05, 3.63) is 40.9 Å². The Morgan fingerprint density at radius 3 is 2.81 bits per heavy atom. The van der Waals surface area contributed by atoms with Crippen molar-refractivity contribution in [2.75, 3.05) is 0 Å². The van der Waals surface area contributed by atoms with Crippen LogP contribution in [0.3, 0.4) is 0 Å². The summed E-state index contributed by atoms with van der Waals surface area (Å²) in [6.07, 6.45) is 3.05. The number of fused-ring (bicyclic) bond motifs is 1. The van der Waals surface area contributed by atoms with Crippen LogP contribution in [0.4, 0.5) is 4.39 Å². The minimum Gasteiger partial charge on any atom is -0.486 e. The molecule has 3 rings (SSSR count). The summed E-state index contributed by atoms with van der Waals surface area (Å²) in [6, 6.07) is 5.94. The molecule has 0 fully saturated rings. The molecule has 1 aromatic carbocycles. The molecule has 7 heteroatoms. The molecule has 0 saturated heterocycles. The molecular formula is C14H15FN4OS. The van der Waals surface area contributed by atoms with Gasteiger partial charge >= 0.3 is 0 Å². The average molecular weight is 306 g/mol. The molecule has 2 aromatic heterocycles. The third-order valence-corrected chi connectivity index (χ3v) is 3.90. The van der Waals surface area contributed by atoms with Crippen molar-refractivity contribution in [1.82, 2.24) is 19.8 Å². The molecule has 2 heterocycles. The zero-order chi connectivity index (χ0) is 14.7. The number of ether oxygens (including phenoxy) is 1. The number of unbranched alkanes of at least 4 members (excludes halogenated alkanes) is 1. The van der Waals surface area contributed by atoms with Crippen LogP contribution < -0.4 is 4.74 Å². The molecule has 0 radical (unpaired) electrons. The number of nitrogens with zero attached hydrogens (tertiary/aromatic N) is 4. The van der Waals surface area contributed by atoms with Gasteiger partial charge < -0.3 is 4.74 Å². The van der Waals surface area contributed by atoms with Crippen LogP contribution in [0.25, 0.3) is 4.96 Å². The van der Waals surface area contributed by atoms with Gasteiger partial charge in [0, 0.05) is 6.42 Å². The van der Waals surface area contributed by atoms with Crippen LogP contribution in [0.1, 0.15) is 30.6 Å². The summed E-state index contributed by atoms with van der Waals surface area (Å²) in [5.74, 6) is 1.23. The van der Waals surface area contributed by atoms with Crippen molar-refractivity contribution in [3.8, 4) is 5.75 Å². The van der Waals surface area contributed by atoms with Gasteiger partial charge in [-0.25, -0.2) is 4.39 Å². The fourth-order valence-electron chi connectivity index (χ4n) is 1.92. The number of hydrogen-bond acceptors (Lipinski definition) is 5. The maximum Gasteiger partial charge on any atom is 0.234 e. The summed E-state index contributed by atoms with van der Waals surface area (Å²) in [7, 11) is 0. The standard InChI is InChI=1S/C14H15FN4OS/c1-2-3-4-12-16-17-14-19(12)18-13(21-14)9-20-11-7-5-10(15)6-8-11/h5-8H,2-4,9H2,1H3. The van der Waals surface area contributed by atoms with Gasteiger partial charge in [0.05, 0.1) is 0 Å². The van der Waals surface area contributed by atoms with Crippen molar-refractivity contribution in [3.63, 3.8) is 0 Å². The SMILES string of the molecule is CCCCc1nnc2sc(COc3ccc(F)cc3)nn12. The Hall–Kier alpha value is -2.02. The van der Waals surface area contributed by atoms with Crippen molar-refractivity contribution in [1.29, 1.82) is 0 Å². The largest absolute Gasteiger partial charge is 0.486 e. The molecule has 21 heavy (non-hydrogen) atoms. The van der Waals surface area contributed by atoms with Crippen LogP contribution in [0, 0.1) is 5.82 Å². The van der Waals surface area contributed by atoms with E-state index in [1.807, 2.05) is 0 Å². The fourth-order valence-corrected chi connectivity index (χ4v) is 2.69. The summed E-state index contributed by atoms with van der Waals surface area (Å²) in [5, 5.41) is 13.6. The van der Waals surface area contributed by atoms with Gasteiger partial charge in [-0.2, -0.15) is 9.61 Å². The molecule has 0 aliphatic rings. The van der Waals surface area contributed by atoms with Gasteiger partial charge in [0.25, 0.3) is 0 Å². The fraction of sp³-hybridized carbons (Fsp3) is 0.357. The summed E-state index contributed by atoms with van der Waals surface area (Å²) < 4.78 is 20.2. The molecular weight excluding hydrogens is 291 g/mol. The molecule has 0 aliphatic heterocycles. The van der Waals surface area contributed by atoms with Crippen molar-refractivity contribution < 1.29 is 9.13 Å². The first-order valence-electron chi connectivity index (χ1n) is 6.84. The maximum absolute atomic E-state index is 12.8. The van der Waals surface area contributed by atoms with E-state index in [4.69, 9.17) is 4.74 Å². The Labute approximate surface area is 125 Å². The lowest BCUT2D eigenvalue weighted by Gasteiger charge is -2.02. The van der Waals surface area contributed by atoms with Crippen molar-refractivity contribution in [2.45, 2.75) is 32.8 Å². The lowest BCUT2D eigenvalue weighted by molar-refractivity contribution is 0.303. The second-order valence-electron chi connectivity index (χ2n) is 4.65. The molecule has 0 spiro atoms. The Bertz CT molecular complexity index is 722. The first-order valence-corrected chi connectivity index (χ1v) is 7.66. The Morgan fingerprint density at radius 1 is 1.24 bits per heavy atom. The molecule has 3 aromatic rings. The Morgan fingerprint density at radius 2 is 2.05 bits per heavy atom. The topological polar surface area (TPSA) is 52.3 Å². The predicted octanol–water partition coefficient (Wildman–Crippen LogP) is 3.25. The van der Waals surface area contributed by atoms with E-state index in [2.05, 4.69) is 22.2 Å². The molecule has 110 valence electrons. The van der Waals surface area contributed by atoms with E-state index in [0.717, 1.165) is 35.1 Å². The highest BCUT2D eigenvalue weighted by Crippen LogP contribution is 2.18. The average Bonchev–Trinajstić information content (AvgIpc) is 3.05. The number of aromatic nitrogens is 4. The second kappa shape index (κ2) is 6.17. The van der Waals surface area contributed by atoms with E-state index in [0.29, 0.717) is 12.4 Å². The minimum atomic E-state index is -0.276. The van der Waals surface area contributed by atoms with Crippen LogP contribution in [0.2, 0.25) is 0 Å². The molecule has 0 atom stereocenters. The highest BCUT2D eigenvalue weighted by molar-refractivity contribution is 7.16. The van der Waals surface area contributed by atoms with Crippen LogP contribution in [0.15, 0.2) is 24.3 Å². The van der Waals surface area contributed by atoms with Crippen LogP contribution in [0.5, 0.6) is 5.75 Å². The molecule has 0 N–H and O–H groups in total. The number of aryl methyl sites for hydroxylation is 1. The summed E-state index contributed by atoms with van der Waals surface area (Å²) in [4.78, 5) is 0.777. The number of hydrogen-bond donors (Lipinski definition) is 0. The Balaban J connectivity index is 1.69. The molecule has 0 bridgehead atoms. The lowest BCUT2D eigenvalue weighted by atomic mass is 10.2. The number of halogens is 1. The summed E-state index contributed by atoms with van der Waals surface area (Å²) in [6.45, 7) is 2.48. The third-order valence-electron chi connectivity index (χ3n) is 3.03. The van der Waals surface area contributed by atoms with E-state index in [1.54, 1.807) is 16.6 Å². The van der Waals surface area contributed by atoms with E-state index in [-0.39, 0.29) is 5.82 Å². The Kier molecular flexibility index (Phi) is 4.10. The summed E-state index contributed by atoms with van der Waals surface area (Å²) in [5.41, 5.74) is 0. The number of benzene rings is 1. The maximum atomic E-state index is 12.8. The van der Waals surface area contributed by atoms with Crippen molar-refractivity contribution >= 4 is 16.3 Å². The predicted molar refractivity (Wildman–Crippen MR) is 78.0 cm³/mol. The monoisotopic (exact) mass is 306 g/mol. The van der Waals surface area contributed by atoms with Gasteiger partial charge in [0.2, 0.25) is 4.96 Å². The van der Waals surface area contributed by atoms with E-state index in [9.17, 15) is 4.39 Å². The van der Waals surface area contributed by atoms with Gasteiger partial charge in [0.15, 0.2) is 10.8 Å². The third kappa shape index (κ3) is 3.18. The van der Waals surface area contributed by atoms with E-state index in [1.165, 1.54) is 23.5 Å². The minimum absolute atomic E-state index is 0.276. The first kappa shape index (κ1) is 13.9. The van der Waals surface area contributed by atoms with Gasteiger partial charge in [0.1, 0.15) is 18.2 Å². The smallest absolute Gasteiger partial charge is 0.234 e. The lowest BCUT2D eigenvalue weighted by Crippen LogP contribution is -1.99. The van der Waals surface area contributed by atoms with Crippen molar-refractivity contribution in [2.24, 2.45) is 0 Å². The van der Waals surface area contributed by atoms with Gasteiger partial charge in [-0.05, 0) is 30.7 Å². The van der Waals surface area contributed by atoms with Crippen LogP contribution >= 0.6 is 11.3 Å². The quantitative estimate of drug-likeness (QED) is 0.701. The highest BCUT2D eigenvalue weighted by atomic mass is 32.1. The van der Waals surface area contributed by atoms with E-state index < -0.39 is 0 Å². The molecule has 0 amide bonds. The van der Waals surface area contributed by atoms with Gasteiger partial charge in [-0.1, -0.05) is 24.7 Å². The molecule has 5 nitrogen and oxygen atoms in total. The first-order chi connectivity index (χ1) is 10.3. The van der Waals surface area contributed by atoms with Crippen LogP contribution in [-0.4, -0.2) is 19.8 Å². The molecule has 0 saturated carbocycles. The molecule has 0 unspecified atom stereocenters. The zero-order valence-corrected chi connectivity index (χ0v) is 12.4. The summed E-state index contributed by atoms with van der Waals surface area (Å²) >= 11 is 1.45. The zero-order valence-electron chi connectivity index (χ0n) is 11.6. The van der Waals surface area contributed by atoms with Gasteiger partial charge in [-0.15, -0.1) is 10.2 Å². The molecule has 0 aliphatic carbocycles. The number of rotatable bonds is 6. The van der Waals surface area contributed by atoms with Gasteiger partial charge in [-0.3, -0.25) is 0 Å². The second-order valence-corrected chi connectivity index (χ2v) is 5.69. The van der Waals surface area contributed by atoms with E-state index >= 15 is 0 Å².